The van der Waals surface area contributed by atoms with Crippen molar-refractivity contribution in [2.45, 2.75) is 32.3 Å². The predicted octanol–water partition coefficient (Wildman–Crippen LogP) is 0.868. The van der Waals surface area contributed by atoms with Gasteiger partial charge in [0.15, 0.2) is 0 Å². The molecule has 1 saturated carbocycles. The molecule has 0 saturated heterocycles. The minimum Gasteiger partial charge on any atom is -0.481 e. The Morgan fingerprint density at radius 3 is 2.55 bits per heavy atom. The van der Waals surface area contributed by atoms with Crippen LogP contribution in [0.25, 0.3) is 0 Å². The van der Waals surface area contributed by atoms with Crippen LogP contribution in [0.1, 0.15) is 26.2 Å². The third-order valence-corrected chi connectivity index (χ3v) is 2.51. The molecule has 11 heavy (non-hydrogen) atoms. The largest absolute Gasteiger partial charge is 0.481 e. The van der Waals surface area contributed by atoms with Crippen LogP contribution >= 0.6 is 0 Å². The summed E-state index contributed by atoms with van der Waals surface area (Å²) in [5, 5.41) is 17.9. The van der Waals surface area contributed by atoms with E-state index in [1.165, 1.54) is 0 Å². The molecule has 0 heterocycles. The van der Waals surface area contributed by atoms with Gasteiger partial charge in [0, 0.05) is 0 Å². The molecule has 3 atom stereocenters. The molecule has 2 N–H and O–H groups in total. The SMILES string of the molecule is CC[C@@H]1C[C@H](O)C[C@@H]1C(=O)O. The lowest BCUT2D eigenvalue weighted by Gasteiger charge is -2.11. The highest BCUT2D eigenvalue weighted by atomic mass is 16.4. The molecule has 0 aromatic rings. The Kier molecular flexibility index (Phi) is 2.49. The molecule has 1 rings (SSSR count). The van der Waals surface area contributed by atoms with Gasteiger partial charge in [0.05, 0.1) is 12.0 Å². The highest BCUT2D eigenvalue weighted by Crippen LogP contribution is 2.34. The van der Waals surface area contributed by atoms with E-state index in [0.717, 1.165) is 6.42 Å². The van der Waals surface area contributed by atoms with Crippen molar-refractivity contribution in [3.8, 4) is 0 Å². The molecule has 64 valence electrons. The van der Waals surface area contributed by atoms with E-state index in [2.05, 4.69) is 0 Å². The maximum atomic E-state index is 10.6. The second kappa shape index (κ2) is 3.22. The summed E-state index contributed by atoms with van der Waals surface area (Å²) in [4.78, 5) is 10.6. The monoisotopic (exact) mass is 158 g/mol. The summed E-state index contributed by atoms with van der Waals surface area (Å²) in [5.41, 5.74) is 0. The van der Waals surface area contributed by atoms with Crippen LogP contribution in [-0.4, -0.2) is 22.3 Å². The molecule has 0 unspecified atom stereocenters. The van der Waals surface area contributed by atoms with Crippen molar-refractivity contribution >= 4 is 5.97 Å². The molecular formula is C8H14O3. The number of aliphatic hydroxyl groups excluding tert-OH is 1. The first-order chi connectivity index (χ1) is 5.15. The van der Waals surface area contributed by atoms with E-state index < -0.39 is 5.97 Å². The van der Waals surface area contributed by atoms with E-state index in [1.54, 1.807) is 0 Å². The number of hydrogen-bond donors (Lipinski definition) is 2. The minimum absolute atomic E-state index is 0.183. The predicted molar refractivity (Wildman–Crippen MR) is 40.1 cm³/mol. The fourth-order valence-electron chi connectivity index (χ4n) is 1.85. The first-order valence-corrected chi connectivity index (χ1v) is 4.06. The van der Waals surface area contributed by atoms with Crippen LogP contribution in [0.15, 0.2) is 0 Å². The molecule has 3 nitrogen and oxygen atoms in total. The lowest BCUT2D eigenvalue weighted by molar-refractivity contribution is -0.143. The van der Waals surface area contributed by atoms with Gasteiger partial charge < -0.3 is 10.2 Å². The van der Waals surface area contributed by atoms with E-state index >= 15 is 0 Å². The zero-order valence-electron chi connectivity index (χ0n) is 6.66. The number of aliphatic hydroxyl groups is 1. The Hall–Kier alpha value is -0.570. The van der Waals surface area contributed by atoms with Crippen LogP contribution in [0.5, 0.6) is 0 Å². The van der Waals surface area contributed by atoms with E-state index in [0.29, 0.717) is 12.8 Å². The first kappa shape index (κ1) is 8.53. The summed E-state index contributed by atoms with van der Waals surface area (Å²) in [5.74, 6) is -0.883. The van der Waals surface area contributed by atoms with E-state index in [1.807, 2.05) is 6.92 Å². The molecule has 0 radical (unpaired) electrons. The van der Waals surface area contributed by atoms with Gasteiger partial charge in [0.1, 0.15) is 0 Å². The maximum absolute atomic E-state index is 10.6. The molecular weight excluding hydrogens is 144 g/mol. The van der Waals surface area contributed by atoms with Gasteiger partial charge in [-0.05, 0) is 18.8 Å². The Bertz CT molecular complexity index is 155. The van der Waals surface area contributed by atoms with Gasteiger partial charge in [0.25, 0.3) is 0 Å². The summed E-state index contributed by atoms with van der Waals surface area (Å²) >= 11 is 0. The number of carboxylic acids is 1. The molecule has 0 aliphatic heterocycles. The third-order valence-electron chi connectivity index (χ3n) is 2.51. The first-order valence-electron chi connectivity index (χ1n) is 4.06. The summed E-state index contributed by atoms with van der Waals surface area (Å²) in [6.45, 7) is 1.97. The van der Waals surface area contributed by atoms with E-state index in [4.69, 9.17) is 5.11 Å². The van der Waals surface area contributed by atoms with Crippen molar-refractivity contribution in [1.82, 2.24) is 0 Å². The van der Waals surface area contributed by atoms with Crippen molar-refractivity contribution in [2.24, 2.45) is 11.8 Å². The number of aliphatic carboxylic acids is 1. The smallest absolute Gasteiger partial charge is 0.306 e. The van der Waals surface area contributed by atoms with Crippen molar-refractivity contribution in [2.75, 3.05) is 0 Å². The Morgan fingerprint density at radius 1 is 1.55 bits per heavy atom. The van der Waals surface area contributed by atoms with Crippen molar-refractivity contribution in [3.63, 3.8) is 0 Å². The summed E-state index contributed by atoms with van der Waals surface area (Å²) in [7, 11) is 0. The molecule has 0 amide bonds. The topological polar surface area (TPSA) is 57.5 Å². The van der Waals surface area contributed by atoms with Crippen LogP contribution in [0.4, 0.5) is 0 Å². The van der Waals surface area contributed by atoms with Crippen LogP contribution in [0.3, 0.4) is 0 Å². The molecule has 1 fully saturated rings. The van der Waals surface area contributed by atoms with Gasteiger partial charge >= 0.3 is 5.97 Å². The Labute approximate surface area is 66.0 Å². The number of carboxylic acid groups (broad SMARTS) is 1. The molecule has 0 aromatic heterocycles. The van der Waals surface area contributed by atoms with Gasteiger partial charge in [0.2, 0.25) is 0 Å². The van der Waals surface area contributed by atoms with Crippen molar-refractivity contribution in [3.05, 3.63) is 0 Å². The average Bonchev–Trinajstić information content (AvgIpc) is 2.30. The second-order valence-electron chi connectivity index (χ2n) is 3.24. The molecule has 0 bridgehead atoms. The fraction of sp³-hybridized carbons (Fsp3) is 0.875. The zero-order valence-corrected chi connectivity index (χ0v) is 6.66. The van der Waals surface area contributed by atoms with Gasteiger partial charge in [-0.25, -0.2) is 0 Å². The number of carbonyl (C=O) groups is 1. The highest BCUT2D eigenvalue weighted by Gasteiger charge is 2.36. The fourth-order valence-corrected chi connectivity index (χ4v) is 1.85. The summed E-state index contributed by atoms with van der Waals surface area (Å²) < 4.78 is 0. The molecule has 0 spiro atoms. The van der Waals surface area contributed by atoms with E-state index in [9.17, 15) is 9.90 Å². The van der Waals surface area contributed by atoms with Crippen LogP contribution in [-0.2, 0) is 4.79 Å². The number of rotatable bonds is 2. The third kappa shape index (κ3) is 1.71. The lowest BCUT2D eigenvalue weighted by Crippen LogP contribution is -2.17. The van der Waals surface area contributed by atoms with Gasteiger partial charge in [-0.3, -0.25) is 4.79 Å². The van der Waals surface area contributed by atoms with Gasteiger partial charge in [-0.1, -0.05) is 13.3 Å². The average molecular weight is 158 g/mol. The van der Waals surface area contributed by atoms with Crippen molar-refractivity contribution < 1.29 is 15.0 Å². The highest BCUT2D eigenvalue weighted by molar-refractivity contribution is 5.70. The zero-order chi connectivity index (χ0) is 8.43. The maximum Gasteiger partial charge on any atom is 0.306 e. The van der Waals surface area contributed by atoms with Crippen LogP contribution < -0.4 is 0 Å². The normalized spacial score (nSPS) is 37.5. The minimum atomic E-state index is -0.756. The van der Waals surface area contributed by atoms with Gasteiger partial charge in [-0.2, -0.15) is 0 Å². The van der Waals surface area contributed by atoms with Crippen LogP contribution in [0.2, 0.25) is 0 Å². The second-order valence-corrected chi connectivity index (χ2v) is 3.24. The standard InChI is InChI=1S/C8H14O3/c1-2-5-3-6(9)4-7(5)8(10)11/h5-7,9H,2-4H2,1H3,(H,10,11)/t5-,6+,7+/m1/s1. The van der Waals surface area contributed by atoms with Crippen LogP contribution in [0, 0.1) is 11.8 Å². The molecule has 0 aromatic carbocycles. The molecule has 1 aliphatic rings. The van der Waals surface area contributed by atoms with Gasteiger partial charge in [-0.15, -0.1) is 0 Å². The molecule has 1 aliphatic carbocycles. The quantitative estimate of drug-likeness (QED) is 0.627. The van der Waals surface area contributed by atoms with E-state index in [-0.39, 0.29) is 17.9 Å². The Morgan fingerprint density at radius 2 is 2.18 bits per heavy atom. The number of hydrogen-bond acceptors (Lipinski definition) is 2. The summed E-state index contributed by atoms with van der Waals surface area (Å²) in [6, 6.07) is 0. The lowest BCUT2D eigenvalue weighted by atomic mass is 9.94. The van der Waals surface area contributed by atoms with Crippen molar-refractivity contribution in [1.29, 1.82) is 0 Å². The molecule has 3 heteroatoms. The Balaban J connectivity index is 2.57. The summed E-state index contributed by atoms with van der Waals surface area (Å²) in [6.07, 6.45) is 1.57.